The van der Waals surface area contributed by atoms with E-state index in [1.165, 1.54) is 12.8 Å². The zero-order chi connectivity index (χ0) is 25.4. The van der Waals surface area contributed by atoms with Crippen molar-refractivity contribution >= 4 is 33.5 Å². The minimum absolute atomic E-state index is 0.0105. The van der Waals surface area contributed by atoms with Crippen molar-refractivity contribution in [2.75, 3.05) is 11.9 Å². The Labute approximate surface area is 214 Å². The van der Waals surface area contributed by atoms with E-state index in [9.17, 15) is 4.79 Å². The molecule has 0 bridgehead atoms. The molecule has 1 amide bonds. The number of aromatic amines is 2. The van der Waals surface area contributed by atoms with E-state index in [0.29, 0.717) is 23.9 Å². The molecule has 5 heterocycles. The van der Waals surface area contributed by atoms with Crippen LogP contribution < -0.4 is 10.6 Å². The van der Waals surface area contributed by atoms with E-state index in [1.54, 1.807) is 12.4 Å². The molecule has 0 saturated carbocycles. The molecule has 5 aromatic rings. The second-order valence-electron chi connectivity index (χ2n) is 10.2. The SMILES string of the molecule is CC(C)CC(=O)Nc1cncc(-c2ccc3[nH]nc(-c4nc5c(C6CCCCN6)cncc5[nH]4)c3c2)c1. The number of imidazole rings is 1. The van der Waals surface area contributed by atoms with E-state index in [-0.39, 0.29) is 11.9 Å². The van der Waals surface area contributed by atoms with Crippen molar-refractivity contribution < 1.29 is 4.79 Å². The van der Waals surface area contributed by atoms with E-state index < -0.39 is 0 Å². The smallest absolute Gasteiger partial charge is 0.224 e. The summed E-state index contributed by atoms with van der Waals surface area (Å²) in [7, 11) is 0. The number of hydrogen-bond donors (Lipinski definition) is 4. The Bertz CT molecular complexity index is 1580. The number of carbonyl (C=O) groups excluding carboxylic acids is 1. The molecule has 37 heavy (non-hydrogen) atoms. The largest absolute Gasteiger partial charge is 0.335 e. The number of nitrogens with zero attached hydrogens (tertiary/aromatic N) is 4. The highest BCUT2D eigenvalue weighted by atomic mass is 16.1. The number of benzene rings is 1. The summed E-state index contributed by atoms with van der Waals surface area (Å²) in [5.74, 6) is 0.988. The fraction of sp³-hybridized carbons (Fsp3) is 0.321. The van der Waals surface area contributed by atoms with Gasteiger partial charge in [-0.05, 0) is 49.1 Å². The van der Waals surface area contributed by atoms with Gasteiger partial charge < -0.3 is 15.6 Å². The van der Waals surface area contributed by atoms with Crippen LogP contribution in [0.4, 0.5) is 5.69 Å². The maximum Gasteiger partial charge on any atom is 0.224 e. The number of nitrogens with one attached hydrogen (secondary N) is 4. The zero-order valence-corrected chi connectivity index (χ0v) is 21.0. The average Bonchev–Trinajstić information content (AvgIpc) is 3.52. The number of amides is 1. The molecular formula is C28H30N8O. The van der Waals surface area contributed by atoms with Crippen LogP contribution in [0.2, 0.25) is 0 Å². The molecule has 1 atom stereocenters. The Balaban J connectivity index is 1.35. The lowest BCUT2D eigenvalue weighted by molar-refractivity contribution is -0.116. The first-order chi connectivity index (χ1) is 18.0. The fourth-order valence-electron chi connectivity index (χ4n) is 5.06. The van der Waals surface area contributed by atoms with E-state index in [2.05, 4.69) is 41.8 Å². The van der Waals surface area contributed by atoms with Gasteiger partial charge in [-0.1, -0.05) is 26.3 Å². The van der Waals surface area contributed by atoms with Gasteiger partial charge in [-0.15, -0.1) is 0 Å². The highest BCUT2D eigenvalue weighted by Crippen LogP contribution is 2.33. The summed E-state index contributed by atoms with van der Waals surface area (Å²) in [6.07, 6.45) is 11.2. The van der Waals surface area contributed by atoms with Gasteiger partial charge in [0.25, 0.3) is 0 Å². The van der Waals surface area contributed by atoms with E-state index in [0.717, 1.165) is 57.3 Å². The third-order valence-corrected chi connectivity index (χ3v) is 6.84. The summed E-state index contributed by atoms with van der Waals surface area (Å²) in [6.45, 7) is 5.07. The maximum atomic E-state index is 12.2. The number of hydrogen-bond acceptors (Lipinski definition) is 6. The predicted molar refractivity (Wildman–Crippen MR) is 145 cm³/mol. The Morgan fingerprint density at radius 3 is 2.78 bits per heavy atom. The molecule has 0 spiro atoms. The molecule has 1 aliphatic heterocycles. The lowest BCUT2D eigenvalue weighted by Crippen LogP contribution is -2.27. The number of H-pyrrole nitrogens is 2. The van der Waals surface area contributed by atoms with Gasteiger partial charge in [0, 0.05) is 41.4 Å². The van der Waals surface area contributed by atoms with E-state index >= 15 is 0 Å². The topological polar surface area (TPSA) is 124 Å². The monoisotopic (exact) mass is 494 g/mol. The summed E-state index contributed by atoms with van der Waals surface area (Å²) in [5.41, 5.74) is 7.22. The molecule has 1 unspecified atom stereocenters. The van der Waals surface area contributed by atoms with Crippen LogP contribution in [0.15, 0.2) is 49.1 Å². The number of aromatic nitrogens is 6. The first-order valence-electron chi connectivity index (χ1n) is 12.9. The van der Waals surface area contributed by atoms with Gasteiger partial charge >= 0.3 is 0 Å². The van der Waals surface area contributed by atoms with Crippen molar-refractivity contribution in [3.8, 4) is 22.6 Å². The van der Waals surface area contributed by atoms with E-state index in [4.69, 9.17) is 4.98 Å². The summed E-state index contributed by atoms with van der Waals surface area (Å²) in [6, 6.07) is 8.33. The van der Waals surface area contributed by atoms with Crippen LogP contribution in [0.25, 0.3) is 44.6 Å². The van der Waals surface area contributed by atoms with Gasteiger partial charge in [0.15, 0.2) is 5.82 Å². The average molecular weight is 495 g/mol. The third kappa shape index (κ3) is 4.70. The van der Waals surface area contributed by atoms with Crippen LogP contribution in [0.5, 0.6) is 0 Å². The van der Waals surface area contributed by atoms with Gasteiger partial charge in [-0.25, -0.2) is 4.98 Å². The molecule has 188 valence electrons. The van der Waals surface area contributed by atoms with Gasteiger partial charge in [-0.3, -0.25) is 19.9 Å². The Morgan fingerprint density at radius 1 is 1.05 bits per heavy atom. The summed E-state index contributed by atoms with van der Waals surface area (Å²) in [5, 5.41) is 15.2. The van der Waals surface area contributed by atoms with Crippen LogP contribution in [0, 0.1) is 5.92 Å². The molecule has 1 aromatic carbocycles. The molecular weight excluding hydrogens is 464 g/mol. The predicted octanol–water partition coefficient (Wildman–Crippen LogP) is 5.36. The molecule has 1 fully saturated rings. The second kappa shape index (κ2) is 9.74. The van der Waals surface area contributed by atoms with Crippen LogP contribution in [-0.4, -0.2) is 42.6 Å². The molecule has 0 aliphatic carbocycles. The molecule has 6 rings (SSSR count). The lowest BCUT2D eigenvalue weighted by atomic mass is 9.98. The zero-order valence-electron chi connectivity index (χ0n) is 21.0. The number of pyridine rings is 2. The quantitative estimate of drug-likeness (QED) is 0.252. The Morgan fingerprint density at radius 2 is 1.95 bits per heavy atom. The molecule has 0 radical (unpaired) electrons. The number of carbonyl (C=O) groups is 1. The van der Waals surface area contributed by atoms with Gasteiger partial charge in [0.1, 0.15) is 5.69 Å². The first-order valence-corrected chi connectivity index (χ1v) is 12.9. The Hall–Kier alpha value is -4.11. The normalized spacial score (nSPS) is 16.0. The summed E-state index contributed by atoms with van der Waals surface area (Å²) in [4.78, 5) is 29.5. The second-order valence-corrected chi connectivity index (χ2v) is 10.2. The molecule has 1 saturated heterocycles. The molecule has 4 aromatic heterocycles. The lowest BCUT2D eigenvalue weighted by Gasteiger charge is -2.23. The summed E-state index contributed by atoms with van der Waals surface area (Å²) >= 11 is 0. The molecule has 4 N–H and O–H groups in total. The third-order valence-electron chi connectivity index (χ3n) is 6.84. The Kier molecular flexibility index (Phi) is 6.13. The standard InChI is InChI=1S/C28H30N8O/c1-16(2)9-25(37)32-19-10-18(12-29-13-19)17-6-7-23-20(11-17)27(36-35-23)28-33-24-15-30-14-21(26(24)34-28)22-5-3-4-8-31-22/h6-7,10-16,22,31H,3-5,8-9H2,1-2H3,(H,32,37)(H,33,34)(H,35,36). The van der Waals surface area contributed by atoms with Crippen molar-refractivity contribution in [1.82, 2.24) is 35.5 Å². The van der Waals surface area contributed by atoms with Gasteiger partial charge in [-0.2, -0.15) is 5.10 Å². The molecule has 9 nitrogen and oxygen atoms in total. The highest BCUT2D eigenvalue weighted by molar-refractivity contribution is 5.96. The van der Waals surface area contributed by atoms with Gasteiger partial charge in [0.05, 0.1) is 34.6 Å². The number of anilines is 1. The molecule has 1 aliphatic rings. The fourth-order valence-corrected chi connectivity index (χ4v) is 5.06. The van der Waals surface area contributed by atoms with Crippen molar-refractivity contribution in [3.63, 3.8) is 0 Å². The van der Waals surface area contributed by atoms with Crippen LogP contribution in [0.3, 0.4) is 0 Å². The van der Waals surface area contributed by atoms with Crippen LogP contribution >= 0.6 is 0 Å². The highest BCUT2D eigenvalue weighted by Gasteiger charge is 2.21. The minimum atomic E-state index is -0.0105. The van der Waals surface area contributed by atoms with Crippen molar-refractivity contribution in [2.45, 2.75) is 45.6 Å². The number of piperidine rings is 1. The van der Waals surface area contributed by atoms with Crippen LogP contribution in [-0.2, 0) is 4.79 Å². The van der Waals surface area contributed by atoms with Crippen molar-refractivity contribution in [1.29, 1.82) is 0 Å². The van der Waals surface area contributed by atoms with Gasteiger partial charge in [0.2, 0.25) is 5.91 Å². The summed E-state index contributed by atoms with van der Waals surface area (Å²) < 4.78 is 0. The van der Waals surface area contributed by atoms with Crippen molar-refractivity contribution in [3.05, 3.63) is 54.6 Å². The molecule has 9 heteroatoms. The van der Waals surface area contributed by atoms with Crippen molar-refractivity contribution in [2.24, 2.45) is 5.92 Å². The maximum absolute atomic E-state index is 12.2. The van der Waals surface area contributed by atoms with E-state index in [1.807, 2.05) is 44.4 Å². The minimum Gasteiger partial charge on any atom is -0.335 e. The van der Waals surface area contributed by atoms with Crippen LogP contribution in [0.1, 0.15) is 51.1 Å². The number of fused-ring (bicyclic) bond motifs is 2. The first kappa shape index (κ1) is 23.3. The number of rotatable bonds is 6.